The third kappa shape index (κ3) is 2.50. The summed E-state index contributed by atoms with van der Waals surface area (Å²) >= 11 is 0. The monoisotopic (exact) mass is 270 g/mol. The Morgan fingerprint density at radius 2 is 1.95 bits per heavy atom. The average molecular weight is 270 g/mol. The predicted octanol–water partition coefficient (Wildman–Crippen LogP) is 2.69. The Balaban J connectivity index is 1.65. The van der Waals surface area contributed by atoms with Crippen LogP contribution in [0.5, 0.6) is 0 Å². The second kappa shape index (κ2) is 4.96. The maximum atomic E-state index is 13.3. The third-order valence-electron chi connectivity index (χ3n) is 3.60. The molecule has 1 saturated carbocycles. The van der Waals surface area contributed by atoms with Crippen molar-refractivity contribution in [2.24, 2.45) is 0 Å². The van der Waals surface area contributed by atoms with Gasteiger partial charge in [-0.05, 0) is 30.2 Å². The average Bonchev–Trinajstić information content (AvgIpc) is 3.22. The number of amides is 1. The zero-order valence-electron chi connectivity index (χ0n) is 10.8. The number of nitrogens with two attached hydrogens (primary N) is 1. The smallest absolute Gasteiger partial charge is 0.251 e. The van der Waals surface area contributed by atoms with E-state index in [1.165, 1.54) is 23.8 Å². The van der Waals surface area contributed by atoms with Crippen molar-refractivity contribution >= 4 is 11.6 Å². The van der Waals surface area contributed by atoms with Gasteiger partial charge < -0.3 is 11.1 Å². The van der Waals surface area contributed by atoms with E-state index in [1.54, 1.807) is 0 Å². The summed E-state index contributed by atoms with van der Waals surface area (Å²) in [6.45, 7) is 0. The van der Waals surface area contributed by atoms with E-state index in [2.05, 4.69) is 17.4 Å². The molecule has 2 aromatic carbocycles. The molecule has 3 rings (SSSR count). The van der Waals surface area contributed by atoms with Crippen molar-refractivity contribution in [1.29, 1.82) is 0 Å². The molecule has 0 saturated heterocycles. The first-order chi connectivity index (χ1) is 9.65. The van der Waals surface area contributed by atoms with E-state index in [1.807, 2.05) is 18.2 Å². The van der Waals surface area contributed by atoms with Gasteiger partial charge in [0.1, 0.15) is 5.82 Å². The Morgan fingerprint density at radius 1 is 1.20 bits per heavy atom. The Bertz CT molecular complexity index is 642. The molecule has 1 aliphatic rings. The van der Waals surface area contributed by atoms with Crippen molar-refractivity contribution in [3.8, 4) is 0 Å². The van der Waals surface area contributed by atoms with E-state index in [9.17, 15) is 9.18 Å². The highest BCUT2D eigenvalue weighted by molar-refractivity contribution is 5.95. The van der Waals surface area contributed by atoms with Crippen LogP contribution in [-0.2, 0) is 0 Å². The van der Waals surface area contributed by atoms with Crippen molar-refractivity contribution in [2.45, 2.75) is 18.4 Å². The van der Waals surface area contributed by atoms with Crippen molar-refractivity contribution < 1.29 is 9.18 Å². The van der Waals surface area contributed by atoms with Crippen LogP contribution >= 0.6 is 0 Å². The van der Waals surface area contributed by atoms with E-state index in [4.69, 9.17) is 5.73 Å². The maximum absolute atomic E-state index is 13.3. The van der Waals surface area contributed by atoms with Gasteiger partial charge in [-0.15, -0.1) is 0 Å². The minimum atomic E-state index is -0.562. The van der Waals surface area contributed by atoms with E-state index < -0.39 is 5.82 Å². The van der Waals surface area contributed by atoms with E-state index in [0.717, 1.165) is 6.42 Å². The van der Waals surface area contributed by atoms with Gasteiger partial charge in [0.05, 0.1) is 5.69 Å². The molecule has 3 N–H and O–H groups in total. The first kappa shape index (κ1) is 12.7. The normalized spacial score (nSPS) is 20.4. The summed E-state index contributed by atoms with van der Waals surface area (Å²) in [5, 5.41) is 2.92. The van der Waals surface area contributed by atoms with Crippen LogP contribution < -0.4 is 11.1 Å². The molecule has 0 bridgehead atoms. The summed E-state index contributed by atoms with van der Waals surface area (Å²) < 4.78 is 13.3. The number of nitrogen functional groups attached to an aromatic ring is 1. The molecule has 0 radical (unpaired) electrons. The molecule has 0 heterocycles. The first-order valence-corrected chi connectivity index (χ1v) is 6.56. The first-order valence-electron chi connectivity index (χ1n) is 6.56. The predicted molar refractivity (Wildman–Crippen MR) is 75.9 cm³/mol. The largest absolute Gasteiger partial charge is 0.396 e. The molecule has 4 heteroatoms. The summed E-state index contributed by atoms with van der Waals surface area (Å²) in [5.41, 5.74) is 6.97. The van der Waals surface area contributed by atoms with Crippen molar-refractivity contribution in [1.82, 2.24) is 5.32 Å². The molecular formula is C16H15FN2O. The van der Waals surface area contributed by atoms with Gasteiger partial charge in [0.2, 0.25) is 0 Å². The molecule has 0 aliphatic heterocycles. The number of carbonyl (C=O) groups excluding carboxylic acids is 1. The fourth-order valence-electron chi connectivity index (χ4n) is 2.34. The Morgan fingerprint density at radius 3 is 2.65 bits per heavy atom. The molecule has 3 nitrogen and oxygen atoms in total. The van der Waals surface area contributed by atoms with Crippen LogP contribution in [0.15, 0.2) is 48.5 Å². The highest BCUT2D eigenvalue weighted by Crippen LogP contribution is 2.40. The molecule has 2 unspecified atom stereocenters. The lowest BCUT2D eigenvalue weighted by molar-refractivity contribution is 0.0950. The fourth-order valence-corrected chi connectivity index (χ4v) is 2.34. The summed E-state index contributed by atoms with van der Waals surface area (Å²) in [7, 11) is 0. The van der Waals surface area contributed by atoms with Crippen LogP contribution in [0.25, 0.3) is 0 Å². The van der Waals surface area contributed by atoms with E-state index >= 15 is 0 Å². The van der Waals surface area contributed by atoms with Crippen LogP contribution in [0.2, 0.25) is 0 Å². The van der Waals surface area contributed by atoms with Crippen molar-refractivity contribution in [2.75, 3.05) is 5.73 Å². The quantitative estimate of drug-likeness (QED) is 0.842. The molecule has 1 amide bonds. The van der Waals surface area contributed by atoms with Crippen molar-refractivity contribution in [3.05, 3.63) is 65.5 Å². The topological polar surface area (TPSA) is 55.1 Å². The van der Waals surface area contributed by atoms with Gasteiger partial charge in [0.25, 0.3) is 5.91 Å². The fraction of sp³-hybridized carbons (Fsp3) is 0.188. The summed E-state index contributed by atoms with van der Waals surface area (Å²) in [6, 6.07) is 14.3. The molecule has 2 aromatic rings. The van der Waals surface area contributed by atoms with E-state index in [-0.39, 0.29) is 17.6 Å². The maximum Gasteiger partial charge on any atom is 0.251 e. The summed E-state index contributed by atoms with van der Waals surface area (Å²) in [5.74, 6) is -0.459. The number of benzene rings is 2. The van der Waals surface area contributed by atoms with Crippen LogP contribution in [0.4, 0.5) is 10.1 Å². The highest BCUT2D eigenvalue weighted by atomic mass is 19.1. The number of halogens is 1. The number of nitrogens with one attached hydrogen (secondary N) is 1. The van der Waals surface area contributed by atoms with E-state index in [0.29, 0.717) is 11.5 Å². The van der Waals surface area contributed by atoms with Crippen LogP contribution in [0, 0.1) is 5.82 Å². The molecule has 2 atom stereocenters. The lowest BCUT2D eigenvalue weighted by atomic mass is 10.1. The lowest BCUT2D eigenvalue weighted by Gasteiger charge is -2.06. The summed E-state index contributed by atoms with van der Waals surface area (Å²) in [4.78, 5) is 12.0. The molecule has 0 spiro atoms. The standard InChI is InChI=1S/C16H15FN2O/c17-13-8-11(6-7-14(13)18)16(20)19-15-9-12(15)10-4-2-1-3-5-10/h1-8,12,15H,9,18H2,(H,19,20). The molecule has 0 aromatic heterocycles. The number of rotatable bonds is 3. The van der Waals surface area contributed by atoms with Gasteiger partial charge >= 0.3 is 0 Å². The molecule has 20 heavy (non-hydrogen) atoms. The van der Waals surface area contributed by atoms with Crippen LogP contribution in [-0.4, -0.2) is 11.9 Å². The molecule has 1 aliphatic carbocycles. The Hall–Kier alpha value is -2.36. The minimum absolute atomic E-state index is 0.0511. The highest BCUT2D eigenvalue weighted by Gasteiger charge is 2.39. The minimum Gasteiger partial charge on any atom is -0.396 e. The SMILES string of the molecule is Nc1ccc(C(=O)NC2CC2c2ccccc2)cc1F. The van der Waals surface area contributed by atoms with Gasteiger partial charge in [-0.1, -0.05) is 30.3 Å². The van der Waals surface area contributed by atoms with Gasteiger partial charge in [-0.2, -0.15) is 0 Å². The van der Waals surface area contributed by atoms with Crippen molar-refractivity contribution in [3.63, 3.8) is 0 Å². The van der Waals surface area contributed by atoms with Gasteiger partial charge in [0, 0.05) is 17.5 Å². The van der Waals surface area contributed by atoms with Gasteiger partial charge in [-0.25, -0.2) is 4.39 Å². The zero-order chi connectivity index (χ0) is 14.1. The number of hydrogen-bond acceptors (Lipinski definition) is 2. The molecule has 102 valence electrons. The lowest BCUT2D eigenvalue weighted by Crippen LogP contribution is -2.26. The number of anilines is 1. The van der Waals surface area contributed by atoms with Gasteiger partial charge in [0.15, 0.2) is 0 Å². The Labute approximate surface area is 116 Å². The van der Waals surface area contributed by atoms with Gasteiger partial charge in [-0.3, -0.25) is 4.79 Å². The Kier molecular flexibility index (Phi) is 3.14. The third-order valence-corrected chi connectivity index (χ3v) is 3.60. The zero-order valence-corrected chi connectivity index (χ0v) is 10.8. The summed E-state index contributed by atoms with van der Waals surface area (Å²) in [6.07, 6.45) is 0.924. The van der Waals surface area contributed by atoms with Crippen LogP contribution in [0.3, 0.4) is 0 Å². The molecular weight excluding hydrogens is 255 g/mol. The second-order valence-corrected chi connectivity index (χ2v) is 5.07. The number of carbonyl (C=O) groups is 1. The van der Waals surface area contributed by atoms with Crippen LogP contribution in [0.1, 0.15) is 28.3 Å². The second-order valence-electron chi connectivity index (χ2n) is 5.07. The molecule has 1 fully saturated rings. The number of hydrogen-bond donors (Lipinski definition) is 2.